The zero-order chi connectivity index (χ0) is 22.2. The average molecular weight is 608 g/mol. The Morgan fingerprint density at radius 1 is 1.03 bits per heavy atom. The lowest BCUT2D eigenvalue weighted by atomic mass is 9.91. The molecule has 2 heterocycles. The third kappa shape index (κ3) is 5.36. The Hall–Kier alpha value is -1.06. The van der Waals surface area contributed by atoms with Crippen LogP contribution in [0.4, 0.5) is 5.69 Å². The molecule has 2 aliphatic heterocycles. The molecule has 1 N–H and O–H groups in total. The van der Waals surface area contributed by atoms with Crippen LogP contribution >= 0.6 is 34.8 Å². The molecule has 2 aliphatic rings. The van der Waals surface area contributed by atoms with Crippen LogP contribution in [-0.2, 0) is 4.79 Å². The summed E-state index contributed by atoms with van der Waals surface area (Å²) in [5.41, 5.74) is 5.42. The second kappa shape index (κ2) is 10.5. The number of likely N-dealkylation sites (tertiary alicyclic amines) is 1. The van der Waals surface area contributed by atoms with Gasteiger partial charge in [-0.2, -0.15) is 10.5 Å². The van der Waals surface area contributed by atoms with Crippen molar-refractivity contribution in [3.8, 4) is 0 Å². The molecule has 0 aromatic heterocycles. The van der Waals surface area contributed by atoms with Gasteiger partial charge in [0.05, 0.1) is 23.8 Å². The lowest BCUT2D eigenvalue weighted by Gasteiger charge is -2.36. The standard InChI is InChI=1S/C23H25Cl3N4O.HI/c1-15-21(23(31)28-30(2)12-4-3-5-13-30)27-29(20-11-10-18(25)14-19(20)26)22(15)16-6-8-17(24)9-7-16;/h6-11,14-15,22H,3-5,12-13H2,1-2H3;1H/t15-,22-;/m0./s1. The number of nitrogens with zero attached hydrogens (tertiary/aromatic N) is 3. The number of carbonyl (C=O) groups is 1. The van der Waals surface area contributed by atoms with E-state index in [4.69, 9.17) is 39.9 Å². The van der Waals surface area contributed by atoms with Gasteiger partial charge in [-0.15, -0.1) is 0 Å². The van der Waals surface area contributed by atoms with E-state index in [-0.39, 0.29) is 41.8 Å². The van der Waals surface area contributed by atoms with Crippen molar-refractivity contribution >= 4 is 52.1 Å². The van der Waals surface area contributed by atoms with Crippen molar-refractivity contribution in [2.75, 3.05) is 25.1 Å². The van der Waals surface area contributed by atoms with Gasteiger partial charge >= 0.3 is 5.91 Å². The molecule has 0 radical (unpaired) electrons. The zero-order valence-corrected chi connectivity index (χ0v) is 22.4. The fourth-order valence-corrected chi connectivity index (χ4v) is 5.09. The summed E-state index contributed by atoms with van der Waals surface area (Å²) in [6, 6.07) is 12.7. The predicted octanol–water partition coefficient (Wildman–Crippen LogP) is 2.87. The van der Waals surface area contributed by atoms with E-state index < -0.39 is 0 Å². The number of carbonyl (C=O) groups excluding carboxylic acids is 1. The van der Waals surface area contributed by atoms with Gasteiger partial charge in [0.15, 0.2) is 0 Å². The summed E-state index contributed by atoms with van der Waals surface area (Å²) in [4.78, 5) is 13.3. The maximum absolute atomic E-state index is 13.3. The smallest absolute Gasteiger partial charge is 0.312 e. The first-order chi connectivity index (χ1) is 14.8. The Balaban J connectivity index is 0.00000289. The van der Waals surface area contributed by atoms with Crippen LogP contribution in [-0.4, -0.2) is 36.3 Å². The van der Waals surface area contributed by atoms with E-state index in [1.54, 1.807) is 12.1 Å². The number of anilines is 1. The molecule has 2 atom stereocenters. The van der Waals surface area contributed by atoms with Crippen LogP contribution < -0.4 is 34.4 Å². The third-order valence-corrected chi connectivity index (χ3v) is 6.95. The predicted molar refractivity (Wildman–Crippen MR) is 128 cm³/mol. The molecule has 0 unspecified atom stereocenters. The first-order valence-electron chi connectivity index (χ1n) is 10.5. The average Bonchev–Trinajstić information content (AvgIpc) is 3.06. The molecule has 0 bridgehead atoms. The van der Waals surface area contributed by atoms with Crippen LogP contribution in [0.15, 0.2) is 47.6 Å². The Morgan fingerprint density at radius 2 is 1.66 bits per heavy atom. The second-order valence-electron chi connectivity index (χ2n) is 8.56. The summed E-state index contributed by atoms with van der Waals surface area (Å²) >= 11 is 18.7. The van der Waals surface area contributed by atoms with Crippen LogP contribution in [0.1, 0.15) is 37.8 Å². The number of benzene rings is 2. The number of amides is 1. The molecule has 1 saturated heterocycles. The van der Waals surface area contributed by atoms with Crippen molar-refractivity contribution in [1.29, 1.82) is 0 Å². The van der Waals surface area contributed by atoms with E-state index in [9.17, 15) is 4.79 Å². The van der Waals surface area contributed by atoms with E-state index in [1.807, 2.05) is 42.3 Å². The fraction of sp³-hybridized carbons (Fsp3) is 0.391. The van der Waals surface area contributed by atoms with Crippen molar-refractivity contribution in [3.05, 3.63) is 63.1 Å². The molecular weight excluding hydrogens is 582 g/mol. The van der Waals surface area contributed by atoms with Crippen LogP contribution in [0.3, 0.4) is 0 Å². The molecular formula is C23H26Cl3IN4O. The zero-order valence-electron chi connectivity index (χ0n) is 18.0. The third-order valence-electron chi connectivity index (χ3n) is 6.16. The van der Waals surface area contributed by atoms with Gasteiger partial charge < -0.3 is 24.0 Å². The summed E-state index contributed by atoms with van der Waals surface area (Å²) in [6.45, 7) is 3.89. The molecule has 32 heavy (non-hydrogen) atoms. The molecule has 1 fully saturated rings. The molecule has 4 rings (SSSR count). The van der Waals surface area contributed by atoms with Crippen LogP contribution in [0.2, 0.25) is 15.1 Å². The molecule has 2 aromatic carbocycles. The number of piperidine rings is 1. The van der Waals surface area contributed by atoms with Gasteiger partial charge in [0.1, 0.15) is 18.8 Å². The highest BCUT2D eigenvalue weighted by molar-refractivity contribution is 6.40. The molecule has 0 spiro atoms. The van der Waals surface area contributed by atoms with Crippen LogP contribution in [0, 0.1) is 5.92 Å². The molecule has 1 amide bonds. The van der Waals surface area contributed by atoms with E-state index in [0.717, 1.165) is 31.5 Å². The van der Waals surface area contributed by atoms with Gasteiger partial charge in [0.25, 0.3) is 0 Å². The molecule has 0 saturated carbocycles. The van der Waals surface area contributed by atoms with Crippen LogP contribution in [0.25, 0.3) is 0 Å². The summed E-state index contributed by atoms with van der Waals surface area (Å²) < 4.78 is 0.540. The lowest BCUT2D eigenvalue weighted by molar-refractivity contribution is -0.947. The second-order valence-corrected chi connectivity index (χ2v) is 9.84. The summed E-state index contributed by atoms with van der Waals surface area (Å²) in [5, 5.41) is 8.30. The number of hydrazone groups is 1. The Kier molecular flexibility index (Phi) is 8.36. The highest BCUT2D eigenvalue weighted by atomic mass is 127. The van der Waals surface area contributed by atoms with E-state index in [0.29, 0.717) is 31.1 Å². The summed E-state index contributed by atoms with van der Waals surface area (Å²) in [5.74, 6) is -0.284. The first-order valence-corrected chi connectivity index (χ1v) is 11.7. The van der Waals surface area contributed by atoms with Crippen molar-refractivity contribution in [2.45, 2.75) is 32.2 Å². The minimum absolute atomic E-state index is 0. The number of hydrogen-bond donors (Lipinski definition) is 1. The van der Waals surface area contributed by atoms with Crippen LogP contribution in [0.5, 0.6) is 0 Å². The highest BCUT2D eigenvalue weighted by Crippen LogP contribution is 2.42. The minimum atomic E-state index is -0.191. The van der Waals surface area contributed by atoms with Gasteiger partial charge in [-0.1, -0.05) is 53.9 Å². The highest BCUT2D eigenvalue weighted by Gasteiger charge is 2.42. The van der Waals surface area contributed by atoms with Crippen molar-refractivity contribution in [1.82, 2.24) is 5.43 Å². The lowest BCUT2D eigenvalue weighted by Crippen LogP contribution is -3.00. The molecule has 9 heteroatoms. The Bertz CT molecular complexity index is 1010. The monoisotopic (exact) mass is 606 g/mol. The topological polar surface area (TPSA) is 44.7 Å². The summed E-state index contributed by atoms with van der Waals surface area (Å²) in [7, 11) is 2.07. The Morgan fingerprint density at radius 3 is 2.28 bits per heavy atom. The van der Waals surface area contributed by atoms with Gasteiger partial charge in [-0.05, 0) is 55.2 Å². The molecule has 172 valence electrons. The fourth-order valence-electron chi connectivity index (χ4n) is 4.47. The first kappa shape index (κ1) is 25.6. The Labute approximate surface area is 221 Å². The van der Waals surface area contributed by atoms with Gasteiger partial charge in [-0.3, -0.25) is 9.80 Å². The van der Waals surface area contributed by atoms with Gasteiger partial charge in [0, 0.05) is 16.0 Å². The minimum Gasteiger partial charge on any atom is -1.00 e. The van der Waals surface area contributed by atoms with Crippen molar-refractivity contribution in [3.63, 3.8) is 0 Å². The maximum atomic E-state index is 13.3. The van der Waals surface area contributed by atoms with Crippen molar-refractivity contribution in [2.24, 2.45) is 11.0 Å². The van der Waals surface area contributed by atoms with E-state index in [2.05, 4.69) is 12.5 Å². The molecule has 0 aliphatic carbocycles. The molecule has 5 nitrogen and oxygen atoms in total. The number of nitrogens with one attached hydrogen (secondary N) is 1. The normalized spacial score (nSPS) is 22.2. The SMILES string of the molecule is C[C@H]1C(C(=O)N[N+]2(C)CCCCC2)=NN(c2ccc(Cl)cc2Cl)[C@@H]1c1ccc(Cl)cc1.[I-]. The number of rotatable bonds is 4. The van der Waals surface area contributed by atoms with E-state index >= 15 is 0 Å². The quantitative estimate of drug-likeness (QED) is 0.430. The van der Waals surface area contributed by atoms with Gasteiger partial charge in [0.2, 0.25) is 0 Å². The number of quaternary nitrogens is 1. The maximum Gasteiger partial charge on any atom is 0.312 e. The van der Waals surface area contributed by atoms with E-state index in [1.165, 1.54) is 6.42 Å². The number of halogens is 4. The van der Waals surface area contributed by atoms with Crippen molar-refractivity contribution < 1.29 is 33.4 Å². The molecule has 2 aromatic rings. The number of hydrogen-bond acceptors (Lipinski definition) is 3. The summed E-state index contributed by atoms with van der Waals surface area (Å²) in [6.07, 6.45) is 3.43. The van der Waals surface area contributed by atoms with Gasteiger partial charge in [-0.25, -0.2) is 4.59 Å². The largest absolute Gasteiger partial charge is 1.00 e.